The first kappa shape index (κ1) is 13.3. The average Bonchev–Trinajstić information content (AvgIpc) is 2.75. The van der Waals surface area contributed by atoms with Gasteiger partial charge in [-0.25, -0.2) is 0 Å². The van der Waals surface area contributed by atoms with Crippen LogP contribution in [-0.4, -0.2) is 48.3 Å². The van der Waals surface area contributed by atoms with Gasteiger partial charge in [0.1, 0.15) is 0 Å². The molecule has 1 saturated carbocycles. The summed E-state index contributed by atoms with van der Waals surface area (Å²) in [6.45, 7) is 5.76. The highest BCUT2D eigenvalue weighted by Crippen LogP contribution is 2.31. The molecule has 1 aliphatic carbocycles. The van der Waals surface area contributed by atoms with E-state index in [1.54, 1.807) is 0 Å². The monoisotopic (exact) mass is 240 g/mol. The second-order valence-corrected chi connectivity index (χ2v) is 5.89. The first-order valence-corrected chi connectivity index (χ1v) is 7.38. The van der Waals surface area contributed by atoms with E-state index in [-0.39, 0.29) is 0 Å². The maximum atomic E-state index is 9.20. The predicted octanol–water partition coefficient (Wildman–Crippen LogP) is 1.61. The normalized spacial score (nSPS) is 27.4. The molecule has 0 amide bonds. The van der Waals surface area contributed by atoms with Gasteiger partial charge in [0.2, 0.25) is 0 Å². The summed E-state index contributed by atoms with van der Waals surface area (Å²) < 4.78 is 0. The topological polar surface area (TPSA) is 35.5 Å². The van der Waals surface area contributed by atoms with E-state index in [0.29, 0.717) is 18.7 Å². The van der Waals surface area contributed by atoms with Crippen LogP contribution in [0.3, 0.4) is 0 Å². The minimum atomic E-state index is 0.293. The highest BCUT2D eigenvalue weighted by molar-refractivity contribution is 4.82. The molecule has 0 aromatic heterocycles. The Kier molecular flexibility index (Phi) is 5.26. The maximum absolute atomic E-state index is 9.20. The summed E-state index contributed by atoms with van der Waals surface area (Å²) in [5.74, 6) is 0.961. The summed E-state index contributed by atoms with van der Waals surface area (Å²) in [5.41, 5.74) is 0. The van der Waals surface area contributed by atoms with Crippen LogP contribution in [-0.2, 0) is 0 Å². The van der Waals surface area contributed by atoms with Crippen molar-refractivity contribution in [3.8, 4) is 0 Å². The molecule has 1 aliphatic heterocycles. The van der Waals surface area contributed by atoms with Gasteiger partial charge in [-0.2, -0.15) is 0 Å². The third-order valence-corrected chi connectivity index (χ3v) is 4.53. The van der Waals surface area contributed by atoms with Gasteiger partial charge in [-0.15, -0.1) is 0 Å². The van der Waals surface area contributed by atoms with Gasteiger partial charge in [-0.05, 0) is 38.6 Å². The van der Waals surface area contributed by atoms with Gasteiger partial charge >= 0.3 is 0 Å². The number of nitrogens with zero attached hydrogens (tertiary/aromatic N) is 1. The average molecular weight is 240 g/mol. The van der Waals surface area contributed by atoms with Crippen LogP contribution in [0.15, 0.2) is 0 Å². The zero-order chi connectivity index (χ0) is 12.1. The fourth-order valence-electron chi connectivity index (χ4n) is 3.18. The highest BCUT2D eigenvalue weighted by Gasteiger charge is 2.25. The minimum Gasteiger partial charge on any atom is -0.395 e. The van der Waals surface area contributed by atoms with Gasteiger partial charge in [0, 0.05) is 25.2 Å². The number of hydrogen-bond acceptors (Lipinski definition) is 3. The third-order valence-electron chi connectivity index (χ3n) is 4.53. The Morgan fingerprint density at radius 1 is 1.29 bits per heavy atom. The molecule has 2 atom stereocenters. The van der Waals surface area contributed by atoms with Crippen molar-refractivity contribution >= 4 is 0 Å². The molecule has 3 nitrogen and oxygen atoms in total. The quantitative estimate of drug-likeness (QED) is 0.710. The number of rotatable bonds is 7. The molecule has 2 N–H and O–H groups in total. The van der Waals surface area contributed by atoms with Crippen molar-refractivity contribution in [3.63, 3.8) is 0 Å². The first-order chi connectivity index (χ1) is 8.29. The van der Waals surface area contributed by atoms with Gasteiger partial charge in [-0.3, -0.25) is 4.90 Å². The van der Waals surface area contributed by atoms with Crippen LogP contribution in [0.2, 0.25) is 0 Å². The summed E-state index contributed by atoms with van der Waals surface area (Å²) in [6, 6.07) is 1.29. The van der Waals surface area contributed by atoms with Crippen molar-refractivity contribution in [1.82, 2.24) is 10.2 Å². The second kappa shape index (κ2) is 6.72. The maximum Gasteiger partial charge on any atom is 0.0558 e. The summed E-state index contributed by atoms with van der Waals surface area (Å²) >= 11 is 0. The Balaban J connectivity index is 1.76. The van der Waals surface area contributed by atoms with Crippen molar-refractivity contribution in [3.05, 3.63) is 0 Å². The van der Waals surface area contributed by atoms with E-state index in [0.717, 1.165) is 19.0 Å². The molecule has 1 saturated heterocycles. The number of aliphatic hydroxyl groups excluding tert-OH is 1. The Morgan fingerprint density at radius 3 is 2.65 bits per heavy atom. The van der Waals surface area contributed by atoms with Crippen molar-refractivity contribution in [2.24, 2.45) is 5.92 Å². The fraction of sp³-hybridized carbons (Fsp3) is 1.00. The summed E-state index contributed by atoms with van der Waals surface area (Å²) in [4.78, 5) is 2.49. The van der Waals surface area contributed by atoms with Crippen molar-refractivity contribution in [1.29, 1.82) is 0 Å². The van der Waals surface area contributed by atoms with Crippen LogP contribution in [0.1, 0.15) is 45.4 Å². The van der Waals surface area contributed by atoms with Gasteiger partial charge in [0.15, 0.2) is 0 Å². The lowest BCUT2D eigenvalue weighted by Gasteiger charge is -2.35. The molecule has 1 heterocycles. The molecule has 100 valence electrons. The van der Waals surface area contributed by atoms with Gasteiger partial charge in [-0.1, -0.05) is 19.3 Å². The SMILES string of the molecule is CC(CC1CCC1)N(CCO)CC1CCCN1. The molecule has 0 spiro atoms. The molecule has 0 aromatic carbocycles. The molecular formula is C14H28N2O. The van der Waals surface area contributed by atoms with E-state index < -0.39 is 0 Å². The van der Waals surface area contributed by atoms with E-state index in [2.05, 4.69) is 17.1 Å². The van der Waals surface area contributed by atoms with Crippen LogP contribution in [0, 0.1) is 5.92 Å². The largest absolute Gasteiger partial charge is 0.395 e. The predicted molar refractivity (Wildman–Crippen MR) is 71.1 cm³/mol. The van der Waals surface area contributed by atoms with Gasteiger partial charge in [0.25, 0.3) is 0 Å². The summed E-state index contributed by atoms with van der Waals surface area (Å²) in [6.07, 6.45) is 8.24. The van der Waals surface area contributed by atoms with E-state index in [1.165, 1.54) is 45.1 Å². The zero-order valence-corrected chi connectivity index (χ0v) is 11.2. The number of aliphatic hydroxyl groups is 1. The molecule has 3 heteroatoms. The minimum absolute atomic E-state index is 0.293. The molecule has 2 rings (SSSR count). The van der Waals surface area contributed by atoms with Crippen molar-refractivity contribution in [2.45, 2.75) is 57.5 Å². The Labute approximate surface area is 106 Å². The van der Waals surface area contributed by atoms with Gasteiger partial charge < -0.3 is 10.4 Å². The zero-order valence-electron chi connectivity index (χ0n) is 11.2. The van der Waals surface area contributed by atoms with E-state index in [9.17, 15) is 5.11 Å². The standard InChI is InChI=1S/C14H28N2O/c1-12(10-13-4-2-5-13)16(8-9-17)11-14-6-3-7-15-14/h12-15,17H,2-11H2,1H3. The Hall–Kier alpha value is -0.120. The molecule has 17 heavy (non-hydrogen) atoms. The number of hydrogen-bond donors (Lipinski definition) is 2. The summed E-state index contributed by atoms with van der Waals surface area (Å²) in [5, 5.41) is 12.8. The van der Waals surface area contributed by atoms with Crippen molar-refractivity contribution in [2.75, 3.05) is 26.2 Å². The first-order valence-electron chi connectivity index (χ1n) is 7.38. The molecule has 2 unspecified atom stereocenters. The lowest BCUT2D eigenvalue weighted by atomic mass is 9.81. The van der Waals surface area contributed by atoms with Crippen LogP contribution < -0.4 is 5.32 Å². The molecule has 2 fully saturated rings. The van der Waals surface area contributed by atoms with Crippen LogP contribution in [0.4, 0.5) is 0 Å². The van der Waals surface area contributed by atoms with E-state index >= 15 is 0 Å². The molecule has 0 radical (unpaired) electrons. The van der Waals surface area contributed by atoms with Gasteiger partial charge in [0.05, 0.1) is 6.61 Å². The van der Waals surface area contributed by atoms with Crippen LogP contribution in [0.5, 0.6) is 0 Å². The second-order valence-electron chi connectivity index (χ2n) is 5.89. The number of nitrogens with one attached hydrogen (secondary N) is 1. The van der Waals surface area contributed by atoms with Crippen LogP contribution in [0.25, 0.3) is 0 Å². The lowest BCUT2D eigenvalue weighted by Crippen LogP contribution is -2.44. The van der Waals surface area contributed by atoms with Crippen molar-refractivity contribution < 1.29 is 5.11 Å². The Morgan fingerprint density at radius 2 is 2.12 bits per heavy atom. The highest BCUT2D eigenvalue weighted by atomic mass is 16.3. The smallest absolute Gasteiger partial charge is 0.0558 e. The van der Waals surface area contributed by atoms with E-state index in [4.69, 9.17) is 0 Å². The molecule has 0 aromatic rings. The van der Waals surface area contributed by atoms with Crippen LogP contribution >= 0.6 is 0 Å². The van der Waals surface area contributed by atoms with E-state index in [1.807, 2.05) is 0 Å². The Bertz CT molecular complexity index is 212. The summed E-state index contributed by atoms with van der Waals surface area (Å²) in [7, 11) is 0. The molecule has 2 aliphatic rings. The lowest BCUT2D eigenvalue weighted by molar-refractivity contribution is 0.118. The third kappa shape index (κ3) is 3.94. The molecular weight excluding hydrogens is 212 g/mol. The fourth-order valence-corrected chi connectivity index (χ4v) is 3.18. The molecule has 0 bridgehead atoms.